The van der Waals surface area contributed by atoms with Crippen molar-refractivity contribution in [2.24, 2.45) is 0 Å². The second-order valence-corrected chi connectivity index (χ2v) is 6.27. The van der Waals surface area contributed by atoms with Crippen LogP contribution in [-0.2, 0) is 10.5 Å². The van der Waals surface area contributed by atoms with Crippen LogP contribution in [0, 0.1) is 0 Å². The minimum Gasteiger partial charge on any atom is -0.347 e. The number of benzene rings is 2. The van der Waals surface area contributed by atoms with E-state index in [2.05, 4.69) is 5.32 Å². The van der Waals surface area contributed by atoms with Gasteiger partial charge in [0.25, 0.3) is 0 Å². The molecule has 2 heterocycles. The van der Waals surface area contributed by atoms with Gasteiger partial charge >= 0.3 is 6.03 Å². The highest BCUT2D eigenvalue weighted by atomic mass is 35.5. The normalized spacial score (nSPS) is 23.5. The second kappa shape index (κ2) is 5.55. The first-order valence-electron chi connectivity index (χ1n) is 7.80. The Hall–Kier alpha value is -2.04. The molecule has 0 bridgehead atoms. The highest BCUT2D eigenvalue weighted by molar-refractivity contribution is 6.30. The van der Waals surface area contributed by atoms with E-state index in [1.165, 1.54) is 0 Å². The first kappa shape index (κ1) is 14.5. The molecular formula is C18H17ClN2O2. The van der Waals surface area contributed by atoms with Gasteiger partial charge in [0.05, 0.1) is 12.3 Å². The Morgan fingerprint density at radius 2 is 1.96 bits per heavy atom. The summed E-state index contributed by atoms with van der Waals surface area (Å²) in [6.45, 7) is 1.25. The van der Waals surface area contributed by atoms with E-state index in [4.69, 9.17) is 16.3 Å². The van der Waals surface area contributed by atoms with Crippen LogP contribution in [0.25, 0.3) is 0 Å². The van der Waals surface area contributed by atoms with Crippen molar-refractivity contribution >= 4 is 23.3 Å². The standard InChI is InChI=1S/C18H17ClN2O2/c19-14-8-9-16-15(12-14)18(13-6-2-1-3-7-13)21(17(22)20-16)10-4-5-11-23-18/h1-3,6-9,12H,4-5,10-11H2,(H,20,22). The molecule has 1 atom stereocenters. The predicted molar refractivity (Wildman–Crippen MR) is 89.6 cm³/mol. The maximum atomic E-state index is 12.7. The summed E-state index contributed by atoms with van der Waals surface area (Å²) in [5.41, 5.74) is 1.67. The Kier molecular flexibility index (Phi) is 3.51. The molecule has 2 aromatic carbocycles. The number of amides is 2. The fourth-order valence-corrected chi connectivity index (χ4v) is 3.61. The molecule has 2 aromatic rings. The van der Waals surface area contributed by atoms with Crippen molar-refractivity contribution in [1.29, 1.82) is 0 Å². The third kappa shape index (κ3) is 2.21. The van der Waals surface area contributed by atoms with E-state index < -0.39 is 5.72 Å². The number of nitrogens with one attached hydrogen (secondary N) is 1. The van der Waals surface area contributed by atoms with E-state index in [0.29, 0.717) is 18.2 Å². The molecule has 0 saturated carbocycles. The summed E-state index contributed by atoms with van der Waals surface area (Å²) in [5.74, 6) is 0. The van der Waals surface area contributed by atoms with Crippen molar-refractivity contribution in [1.82, 2.24) is 4.90 Å². The number of hydrogen-bond donors (Lipinski definition) is 1. The third-order valence-corrected chi connectivity index (χ3v) is 4.70. The summed E-state index contributed by atoms with van der Waals surface area (Å²) < 4.78 is 6.34. The lowest BCUT2D eigenvalue weighted by Crippen LogP contribution is -2.56. The zero-order chi connectivity index (χ0) is 15.9. The summed E-state index contributed by atoms with van der Waals surface area (Å²) >= 11 is 6.25. The average molecular weight is 329 g/mol. The van der Waals surface area contributed by atoms with E-state index in [1.54, 1.807) is 11.0 Å². The van der Waals surface area contributed by atoms with Gasteiger partial charge in [0.2, 0.25) is 0 Å². The van der Waals surface area contributed by atoms with Crippen molar-refractivity contribution in [2.45, 2.75) is 18.6 Å². The van der Waals surface area contributed by atoms with Crippen LogP contribution in [0.15, 0.2) is 48.5 Å². The zero-order valence-corrected chi connectivity index (χ0v) is 13.3. The minimum absolute atomic E-state index is 0.134. The lowest BCUT2D eigenvalue weighted by Gasteiger charge is -2.46. The van der Waals surface area contributed by atoms with Crippen molar-refractivity contribution in [3.8, 4) is 0 Å². The van der Waals surface area contributed by atoms with Gasteiger partial charge in [-0.3, -0.25) is 4.90 Å². The average Bonchev–Trinajstić information content (AvgIpc) is 2.81. The molecule has 4 nitrogen and oxygen atoms in total. The molecule has 5 heteroatoms. The molecule has 2 aliphatic heterocycles. The lowest BCUT2D eigenvalue weighted by atomic mass is 9.89. The molecule has 0 radical (unpaired) electrons. The molecule has 1 saturated heterocycles. The predicted octanol–water partition coefficient (Wildman–Crippen LogP) is 4.20. The second-order valence-electron chi connectivity index (χ2n) is 5.84. The lowest BCUT2D eigenvalue weighted by molar-refractivity contribution is -0.0984. The van der Waals surface area contributed by atoms with Gasteiger partial charge in [-0.1, -0.05) is 41.9 Å². The minimum atomic E-state index is -0.916. The number of urea groups is 1. The molecular weight excluding hydrogens is 312 g/mol. The monoisotopic (exact) mass is 328 g/mol. The molecule has 2 amide bonds. The van der Waals surface area contributed by atoms with Gasteiger partial charge in [-0.15, -0.1) is 0 Å². The molecule has 2 aliphatic rings. The van der Waals surface area contributed by atoms with Crippen LogP contribution in [0.3, 0.4) is 0 Å². The highest BCUT2D eigenvalue weighted by Gasteiger charge is 2.49. The maximum absolute atomic E-state index is 12.7. The molecule has 0 spiro atoms. The van der Waals surface area contributed by atoms with Crippen LogP contribution in [-0.4, -0.2) is 24.1 Å². The molecule has 1 fully saturated rings. The summed E-state index contributed by atoms with van der Waals surface area (Å²) in [4.78, 5) is 14.5. The number of hydrogen-bond acceptors (Lipinski definition) is 2. The van der Waals surface area contributed by atoms with Gasteiger partial charge < -0.3 is 10.1 Å². The highest BCUT2D eigenvalue weighted by Crippen LogP contribution is 2.46. The number of fused-ring (bicyclic) bond motifs is 3. The Bertz CT molecular complexity index is 750. The Labute approximate surface area is 140 Å². The summed E-state index contributed by atoms with van der Waals surface area (Å²) in [6.07, 6.45) is 1.84. The van der Waals surface area contributed by atoms with Crippen molar-refractivity contribution < 1.29 is 9.53 Å². The number of nitrogens with zero attached hydrogens (tertiary/aromatic N) is 1. The molecule has 0 aromatic heterocycles. The SMILES string of the molecule is O=C1Nc2ccc(Cl)cc2C2(c3ccccc3)OCCCCN12. The van der Waals surface area contributed by atoms with Crippen LogP contribution >= 0.6 is 11.6 Å². The van der Waals surface area contributed by atoms with Crippen LogP contribution in [0.5, 0.6) is 0 Å². The van der Waals surface area contributed by atoms with Gasteiger partial charge in [-0.2, -0.15) is 0 Å². The number of halogens is 1. The number of carbonyl (C=O) groups excluding carboxylic acids is 1. The van der Waals surface area contributed by atoms with Crippen molar-refractivity contribution in [2.75, 3.05) is 18.5 Å². The zero-order valence-electron chi connectivity index (χ0n) is 12.6. The fourth-order valence-electron chi connectivity index (χ4n) is 3.44. The number of rotatable bonds is 1. The van der Waals surface area contributed by atoms with Gasteiger partial charge in [0, 0.05) is 22.7 Å². The maximum Gasteiger partial charge on any atom is 0.324 e. The van der Waals surface area contributed by atoms with Crippen molar-refractivity contribution in [3.05, 3.63) is 64.7 Å². The van der Waals surface area contributed by atoms with E-state index in [0.717, 1.165) is 29.7 Å². The first-order chi connectivity index (χ1) is 11.2. The number of anilines is 1. The van der Waals surface area contributed by atoms with Crippen LogP contribution in [0.2, 0.25) is 5.02 Å². The van der Waals surface area contributed by atoms with Crippen LogP contribution in [0.4, 0.5) is 10.5 Å². The van der Waals surface area contributed by atoms with Crippen LogP contribution < -0.4 is 5.32 Å². The number of carbonyl (C=O) groups is 1. The molecule has 1 unspecified atom stereocenters. The molecule has 1 N–H and O–H groups in total. The van der Waals surface area contributed by atoms with Crippen molar-refractivity contribution in [3.63, 3.8) is 0 Å². The molecule has 118 valence electrons. The Morgan fingerprint density at radius 3 is 2.78 bits per heavy atom. The number of ether oxygens (including phenoxy) is 1. The first-order valence-corrected chi connectivity index (χ1v) is 8.18. The third-order valence-electron chi connectivity index (χ3n) is 4.47. The van der Waals surface area contributed by atoms with Gasteiger partial charge in [-0.05, 0) is 31.0 Å². The molecule has 0 aliphatic carbocycles. The smallest absolute Gasteiger partial charge is 0.324 e. The Balaban J connectivity index is 2.02. The Morgan fingerprint density at radius 1 is 1.13 bits per heavy atom. The van der Waals surface area contributed by atoms with E-state index in [9.17, 15) is 4.79 Å². The topological polar surface area (TPSA) is 41.6 Å². The summed E-state index contributed by atoms with van der Waals surface area (Å²) in [5, 5.41) is 3.58. The van der Waals surface area contributed by atoms with Gasteiger partial charge in [-0.25, -0.2) is 4.79 Å². The summed E-state index contributed by atoms with van der Waals surface area (Å²) in [6, 6.07) is 15.3. The summed E-state index contributed by atoms with van der Waals surface area (Å²) in [7, 11) is 0. The van der Waals surface area contributed by atoms with E-state index in [-0.39, 0.29) is 6.03 Å². The quantitative estimate of drug-likeness (QED) is 0.852. The van der Waals surface area contributed by atoms with Gasteiger partial charge in [0.1, 0.15) is 0 Å². The molecule has 23 heavy (non-hydrogen) atoms. The van der Waals surface area contributed by atoms with Crippen LogP contribution in [0.1, 0.15) is 24.0 Å². The largest absolute Gasteiger partial charge is 0.347 e. The van der Waals surface area contributed by atoms with E-state index in [1.807, 2.05) is 42.5 Å². The van der Waals surface area contributed by atoms with E-state index >= 15 is 0 Å². The van der Waals surface area contributed by atoms with Gasteiger partial charge in [0.15, 0.2) is 5.72 Å². The molecule has 4 rings (SSSR count). The fraction of sp³-hybridized carbons (Fsp3) is 0.278.